The van der Waals surface area contributed by atoms with Crippen LogP contribution in [0.25, 0.3) is 0 Å². The van der Waals surface area contributed by atoms with E-state index in [2.05, 4.69) is 10.3 Å². The van der Waals surface area contributed by atoms with Gasteiger partial charge in [-0.05, 0) is 48.7 Å². The summed E-state index contributed by atoms with van der Waals surface area (Å²) in [5, 5.41) is 2.74. The first-order valence-electron chi connectivity index (χ1n) is 7.48. The first kappa shape index (κ1) is 19.0. The van der Waals surface area contributed by atoms with E-state index in [4.69, 9.17) is 5.73 Å². The minimum Gasteiger partial charge on any atom is -0.384 e. The number of hydrogen-bond acceptors (Lipinski definition) is 5. The van der Waals surface area contributed by atoms with Crippen molar-refractivity contribution in [3.8, 4) is 0 Å². The lowest BCUT2D eigenvalue weighted by Gasteiger charge is -2.29. The molecule has 3 rings (SSSR count). The van der Waals surface area contributed by atoms with Crippen LogP contribution in [0.2, 0.25) is 0 Å². The number of carbonyl (C=O) groups excluding carboxylic acids is 1. The zero-order valence-corrected chi connectivity index (χ0v) is 15.2. The number of aryl methyl sites for hydroxylation is 1. The van der Waals surface area contributed by atoms with E-state index in [-0.39, 0.29) is 18.3 Å². The van der Waals surface area contributed by atoms with Gasteiger partial charge in [-0.3, -0.25) is 9.10 Å². The normalized spacial score (nSPS) is 13.6. The van der Waals surface area contributed by atoms with Crippen molar-refractivity contribution in [3.05, 3.63) is 47.7 Å². The Morgan fingerprint density at radius 3 is 2.68 bits per heavy atom. The second-order valence-corrected chi connectivity index (χ2v) is 7.61. The number of hydrogen-bond donors (Lipinski definition) is 2. The third-order valence-electron chi connectivity index (χ3n) is 3.86. The van der Waals surface area contributed by atoms with E-state index < -0.39 is 10.0 Å². The fourth-order valence-corrected chi connectivity index (χ4v) is 3.73. The SMILES string of the molecule is CS(=O)(=O)N1CCCc2cc(C(=O)Nc3ccc(N)nc3)ccc21.Cl. The number of carbonyl (C=O) groups is 1. The van der Waals surface area contributed by atoms with Crippen LogP contribution >= 0.6 is 12.4 Å². The van der Waals surface area contributed by atoms with Crippen molar-refractivity contribution in [1.29, 1.82) is 0 Å². The van der Waals surface area contributed by atoms with Gasteiger partial charge in [0.05, 0.1) is 23.8 Å². The van der Waals surface area contributed by atoms with E-state index >= 15 is 0 Å². The Labute approximate surface area is 152 Å². The Morgan fingerprint density at radius 1 is 1.28 bits per heavy atom. The van der Waals surface area contributed by atoms with Crippen molar-refractivity contribution in [2.45, 2.75) is 12.8 Å². The molecular formula is C16H19ClN4O3S. The van der Waals surface area contributed by atoms with Gasteiger partial charge in [-0.15, -0.1) is 12.4 Å². The highest BCUT2D eigenvalue weighted by molar-refractivity contribution is 7.92. The largest absolute Gasteiger partial charge is 0.384 e. The van der Waals surface area contributed by atoms with Crippen LogP contribution in [0.15, 0.2) is 36.5 Å². The number of anilines is 3. The number of pyridine rings is 1. The van der Waals surface area contributed by atoms with Crippen molar-refractivity contribution < 1.29 is 13.2 Å². The number of nitrogens with two attached hydrogens (primary N) is 1. The topological polar surface area (TPSA) is 105 Å². The molecule has 0 aliphatic carbocycles. The van der Waals surface area contributed by atoms with Crippen molar-refractivity contribution in [3.63, 3.8) is 0 Å². The Hall–Kier alpha value is -2.32. The summed E-state index contributed by atoms with van der Waals surface area (Å²) in [5.41, 5.74) is 8.04. The number of rotatable bonds is 3. The van der Waals surface area contributed by atoms with Crippen LogP contribution in [0.3, 0.4) is 0 Å². The fraction of sp³-hybridized carbons (Fsp3) is 0.250. The zero-order valence-electron chi connectivity index (χ0n) is 13.6. The zero-order chi connectivity index (χ0) is 17.3. The number of halogens is 1. The number of aromatic nitrogens is 1. The Morgan fingerprint density at radius 2 is 2.04 bits per heavy atom. The smallest absolute Gasteiger partial charge is 0.255 e. The maximum Gasteiger partial charge on any atom is 0.255 e. The van der Waals surface area contributed by atoms with Gasteiger partial charge in [0.1, 0.15) is 5.82 Å². The van der Waals surface area contributed by atoms with E-state index in [1.54, 1.807) is 30.3 Å². The van der Waals surface area contributed by atoms with Gasteiger partial charge in [0.2, 0.25) is 10.0 Å². The first-order chi connectivity index (χ1) is 11.3. The number of benzene rings is 1. The van der Waals surface area contributed by atoms with E-state index in [1.807, 2.05) is 0 Å². The average Bonchev–Trinajstić information content (AvgIpc) is 2.55. The van der Waals surface area contributed by atoms with Crippen LogP contribution in [0.4, 0.5) is 17.2 Å². The maximum atomic E-state index is 12.4. The summed E-state index contributed by atoms with van der Waals surface area (Å²) in [5.74, 6) is 0.100. The summed E-state index contributed by atoms with van der Waals surface area (Å²) in [6.07, 6.45) is 4.15. The summed E-state index contributed by atoms with van der Waals surface area (Å²) < 4.78 is 25.1. The van der Waals surface area contributed by atoms with Crippen LogP contribution < -0.4 is 15.4 Å². The molecule has 3 N–H and O–H groups in total. The lowest BCUT2D eigenvalue weighted by molar-refractivity contribution is 0.102. The predicted molar refractivity (Wildman–Crippen MR) is 101 cm³/mol. The second kappa shape index (κ2) is 7.28. The summed E-state index contributed by atoms with van der Waals surface area (Å²) in [7, 11) is -3.31. The van der Waals surface area contributed by atoms with Crippen LogP contribution in [0.1, 0.15) is 22.3 Å². The molecule has 134 valence electrons. The second-order valence-electron chi connectivity index (χ2n) is 5.71. The van der Waals surface area contributed by atoms with Gasteiger partial charge < -0.3 is 11.1 Å². The number of amides is 1. The van der Waals surface area contributed by atoms with E-state index in [0.29, 0.717) is 29.3 Å². The Kier molecular flexibility index (Phi) is 5.54. The molecule has 0 saturated carbocycles. The predicted octanol–water partition coefficient (Wildman–Crippen LogP) is 2.05. The summed E-state index contributed by atoms with van der Waals surface area (Å²) in [6, 6.07) is 8.33. The lowest BCUT2D eigenvalue weighted by atomic mass is 10.0. The minimum atomic E-state index is -3.31. The molecule has 2 heterocycles. The van der Waals surface area contributed by atoms with Gasteiger partial charge in [0.25, 0.3) is 5.91 Å². The molecule has 0 spiro atoms. The molecule has 0 bridgehead atoms. The number of fused-ring (bicyclic) bond motifs is 1. The van der Waals surface area contributed by atoms with E-state index in [0.717, 1.165) is 18.4 Å². The molecule has 0 radical (unpaired) electrons. The van der Waals surface area contributed by atoms with E-state index in [9.17, 15) is 13.2 Å². The number of nitrogens with zero attached hydrogens (tertiary/aromatic N) is 2. The molecule has 2 aromatic rings. The number of nitrogen functional groups attached to an aromatic ring is 1. The molecule has 1 aliphatic rings. The highest BCUT2D eigenvalue weighted by Crippen LogP contribution is 2.30. The van der Waals surface area contributed by atoms with Gasteiger partial charge >= 0.3 is 0 Å². The standard InChI is InChI=1S/C16H18N4O3S.ClH/c1-24(22,23)20-8-2-3-11-9-12(4-6-14(11)20)16(21)19-13-5-7-15(17)18-10-13;/h4-7,9-10H,2-3,8H2,1H3,(H2,17,18)(H,19,21);1H. The fourth-order valence-electron chi connectivity index (χ4n) is 2.73. The highest BCUT2D eigenvalue weighted by Gasteiger charge is 2.24. The van der Waals surface area contributed by atoms with Gasteiger partial charge in [0.15, 0.2) is 0 Å². The van der Waals surface area contributed by atoms with Crippen LogP contribution in [0, 0.1) is 0 Å². The minimum absolute atomic E-state index is 0. The quantitative estimate of drug-likeness (QED) is 0.845. The van der Waals surface area contributed by atoms with Gasteiger partial charge in [-0.25, -0.2) is 13.4 Å². The average molecular weight is 383 g/mol. The third kappa shape index (κ3) is 4.21. The van der Waals surface area contributed by atoms with Gasteiger partial charge in [0, 0.05) is 12.1 Å². The molecule has 1 aliphatic heterocycles. The van der Waals surface area contributed by atoms with Crippen molar-refractivity contribution in [2.75, 3.05) is 28.2 Å². The Balaban J connectivity index is 0.00000225. The summed E-state index contributed by atoms with van der Waals surface area (Å²) >= 11 is 0. The molecular weight excluding hydrogens is 364 g/mol. The highest BCUT2D eigenvalue weighted by atomic mass is 35.5. The molecule has 1 aromatic carbocycles. The number of sulfonamides is 1. The molecule has 0 atom stereocenters. The molecule has 1 amide bonds. The maximum absolute atomic E-state index is 12.4. The molecule has 7 nitrogen and oxygen atoms in total. The van der Waals surface area contributed by atoms with Crippen LogP contribution in [0.5, 0.6) is 0 Å². The lowest BCUT2D eigenvalue weighted by Crippen LogP contribution is -2.34. The van der Waals surface area contributed by atoms with Gasteiger partial charge in [-0.1, -0.05) is 0 Å². The Bertz CT molecular complexity index is 885. The van der Waals surface area contributed by atoms with Crippen molar-refractivity contribution >= 4 is 45.5 Å². The van der Waals surface area contributed by atoms with Gasteiger partial charge in [-0.2, -0.15) is 0 Å². The molecule has 0 unspecified atom stereocenters. The summed E-state index contributed by atoms with van der Waals surface area (Å²) in [6.45, 7) is 0.467. The monoisotopic (exact) mass is 382 g/mol. The third-order valence-corrected chi connectivity index (χ3v) is 5.04. The molecule has 0 saturated heterocycles. The van der Waals surface area contributed by atoms with Crippen LogP contribution in [-0.2, 0) is 16.4 Å². The molecule has 25 heavy (non-hydrogen) atoms. The number of nitrogens with one attached hydrogen (secondary N) is 1. The summed E-state index contributed by atoms with van der Waals surface area (Å²) in [4.78, 5) is 16.3. The van der Waals surface area contributed by atoms with Crippen molar-refractivity contribution in [2.24, 2.45) is 0 Å². The molecule has 0 fully saturated rings. The first-order valence-corrected chi connectivity index (χ1v) is 9.33. The van der Waals surface area contributed by atoms with Crippen molar-refractivity contribution in [1.82, 2.24) is 4.98 Å². The van der Waals surface area contributed by atoms with E-state index in [1.165, 1.54) is 16.8 Å². The molecule has 9 heteroatoms. The molecule has 1 aromatic heterocycles. The van der Waals surface area contributed by atoms with Crippen LogP contribution in [-0.4, -0.2) is 32.1 Å².